The van der Waals surface area contributed by atoms with Crippen LogP contribution in [0.5, 0.6) is 0 Å². The summed E-state index contributed by atoms with van der Waals surface area (Å²) in [6.07, 6.45) is 0.302. The standard InChI is InChI=1S/C13H17Cl2NO/c1-13(2,9-14)16(3)12(17)8-10-6-4-5-7-11(10)15/h4-7H,8-9H2,1-3H3. The van der Waals surface area contributed by atoms with Gasteiger partial charge in [0.1, 0.15) is 0 Å². The summed E-state index contributed by atoms with van der Waals surface area (Å²) in [4.78, 5) is 13.7. The molecule has 1 aromatic carbocycles. The first-order valence-electron chi connectivity index (χ1n) is 5.44. The predicted octanol–water partition coefficient (Wildman–Crippen LogP) is 3.36. The van der Waals surface area contributed by atoms with E-state index in [9.17, 15) is 4.79 Å². The van der Waals surface area contributed by atoms with Crippen molar-refractivity contribution in [1.29, 1.82) is 0 Å². The van der Waals surface area contributed by atoms with E-state index in [1.165, 1.54) is 0 Å². The number of likely N-dealkylation sites (N-methyl/N-ethyl adjacent to an activating group) is 1. The van der Waals surface area contributed by atoms with Gasteiger partial charge < -0.3 is 4.90 Å². The molecule has 1 amide bonds. The minimum atomic E-state index is -0.347. The smallest absolute Gasteiger partial charge is 0.227 e. The van der Waals surface area contributed by atoms with Crippen molar-refractivity contribution in [3.8, 4) is 0 Å². The number of hydrogen-bond acceptors (Lipinski definition) is 1. The van der Waals surface area contributed by atoms with Gasteiger partial charge in [0, 0.05) is 18.0 Å². The lowest BCUT2D eigenvalue weighted by atomic mass is 10.0. The van der Waals surface area contributed by atoms with Crippen LogP contribution in [0.4, 0.5) is 0 Å². The number of benzene rings is 1. The van der Waals surface area contributed by atoms with Gasteiger partial charge in [0.2, 0.25) is 5.91 Å². The molecule has 0 saturated heterocycles. The van der Waals surface area contributed by atoms with Gasteiger partial charge in [-0.25, -0.2) is 0 Å². The molecule has 0 spiro atoms. The van der Waals surface area contributed by atoms with Crippen LogP contribution in [0.25, 0.3) is 0 Å². The number of amides is 1. The molecule has 0 heterocycles. The Labute approximate surface area is 113 Å². The first kappa shape index (κ1) is 14.3. The lowest BCUT2D eigenvalue weighted by Crippen LogP contribution is -2.47. The minimum Gasteiger partial charge on any atom is -0.339 e. The monoisotopic (exact) mass is 273 g/mol. The topological polar surface area (TPSA) is 20.3 Å². The third kappa shape index (κ3) is 3.62. The summed E-state index contributed by atoms with van der Waals surface area (Å²) in [5.41, 5.74) is 0.497. The van der Waals surface area contributed by atoms with E-state index in [1.54, 1.807) is 18.0 Å². The van der Waals surface area contributed by atoms with E-state index in [0.29, 0.717) is 17.3 Å². The maximum Gasteiger partial charge on any atom is 0.227 e. The van der Waals surface area contributed by atoms with E-state index in [1.807, 2.05) is 32.0 Å². The van der Waals surface area contributed by atoms with Crippen LogP contribution in [0, 0.1) is 0 Å². The van der Waals surface area contributed by atoms with Gasteiger partial charge in [0.05, 0.1) is 12.0 Å². The average molecular weight is 274 g/mol. The van der Waals surface area contributed by atoms with Crippen LogP contribution in [0.15, 0.2) is 24.3 Å². The molecule has 0 aromatic heterocycles. The number of carbonyl (C=O) groups is 1. The zero-order valence-corrected chi connectivity index (χ0v) is 11.8. The second-order valence-corrected chi connectivity index (χ2v) is 5.34. The van der Waals surface area contributed by atoms with Crippen molar-refractivity contribution in [3.63, 3.8) is 0 Å². The van der Waals surface area contributed by atoms with E-state index >= 15 is 0 Å². The van der Waals surface area contributed by atoms with Crippen LogP contribution >= 0.6 is 23.2 Å². The molecule has 0 atom stereocenters. The van der Waals surface area contributed by atoms with Gasteiger partial charge in [0.25, 0.3) is 0 Å². The van der Waals surface area contributed by atoms with Crippen LogP contribution in [0.1, 0.15) is 19.4 Å². The molecule has 0 aliphatic carbocycles. The molecule has 0 bridgehead atoms. The van der Waals surface area contributed by atoms with E-state index in [4.69, 9.17) is 23.2 Å². The fraction of sp³-hybridized carbons (Fsp3) is 0.462. The SMILES string of the molecule is CN(C(=O)Cc1ccccc1Cl)C(C)(C)CCl. The highest BCUT2D eigenvalue weighted by Gasteiger charge is 2.26. The Morgan fingerprint density at radius 3 is 2.47 bits per heavy atom. The van der Waals surface area contributed by atoms with Crippen LogP contribution in [0.3, 0.4) is 0 Å². The summed E-state index contributed by atoms with van der Waals surface area (Å²) >= 11 is 11.9. The van der Waals surface area contributed by atoms with Gasteiger partial charge >= 0.3 is 0 Å². The molecule has 94 valence electrons. The van der Waals surface area contributed by atoms with Crippen molar-refractivity contribution in [1.82, 2.24) is 4.90 Å². The normalized spacial score (nSPS) is 11.4. The molecular formula is C13H17Cl2NO. The Morgan fingerprint density at radius 1 is 1.35 bits per heavy atom. The fourth-order valence-corrected chi connectivity index (χ4v) is 1.73. The second-order valence-electron chi connectivity index (χ2n) is 4.67. The van der Waals surface area contributed by atoms with Crippen LogP contribution in [-0.2, 0) is 11.2 Å². The van der Waals surface area contributed by atoms with E-state index in [2.05, 4.69) is 0 Å². The van der Waals surface area contributed by atoms with Crippen molar-refractivity contribution in [3.05, 3.63) is 34.9 Å². The molecule has 2 nitrogen and oxygen atoms in total. The number of rotatable bonds is 4. The van der Waals surface area contributed by atoms with Crippen molar-refractivity contribution in [2.24, 2.45) is 0 Å². The summed E-state index contributed by atoms with van der Waals surface area (Å²) in [7, 11) is 1.77. The molecule has 0 radical (unpaired) electrons. The van der Waals surface area contributed by atoms with Gasteiger partial charge in [-0.05, 0) is 25.5 Å². The molecular weight excluding hydrogens is 257 g/mol. The van der Waals surface area contributed by atoms with E-state index in [0.717, 1.165) is 5.56 Å². The summed E-state index contributed by atoms with van der Waals surface area (Å²) in [6, 6.07) is 7.38. The molecule has 17 heavy (non-hydrogen) atoms. The summed E-state index contributed by atoms with van der Waals surface area (Å²) in [6.45, 7) is 3.87. The molecule has 0 unspecified atom stereocenters. The van der Waals surface area contributed by atoms with Crippen molar-refractivity contribution < 1.29 is 4.79 Å². The molecule has 0 fully saturated rings. The minimum absolute atomic E-state index is 0.0174. The fourth-order valence-electron chi connectivity index (χ4n) is 1.35. The summed E-state index contributed by atoms with van der Waals surface area (Å²) < 4.78 is 0. The van der Waals surface area contributed by atoms with Crippen LogP contribution < -0.4 is 0 Å². The maximum atomic E-state index is 12.1. The predicted molar refractivity (Wildman–Crippen MR) is 72.7 cm³/mol. The molecule has 0 N–H and O–H groups in total. The average Bonchev–Trinajstić information content (AvgIpc) is 2.31. The molecule has 0 aliphatic rings. The Morgan fingerprint density at radius 2 is 1.94 bits per heavy atom. The van der Waals surface area contributed by atoms with Gasteiger partial charge in [0.15, 0.2) is 0 Å². The highest BCUT2D eigenvalue weighted by Crippen LogP contribution is 2.19. The first-order valence-corrected chi connectivity index (χ1v) is 6.36. The molecule has 1 aromatic rings. The Balaban J connectivity index is 2.77. The van der Waals surface area contributed by atoms with Gasteiger partial charge in [-0.1, -0.05) is 29.8 Å². The Kier molecular flexibility index (Phi) is 4.84. The van der Waals surface area contributed by atoms with E-state index in [-0.39, 0.29) is 11.4 Å². The zero-order valence-electron chi connectivity index (χ0n) is 10.3. The second kappa shape index (κ2) is 5.74. The quantitative estimate of drug-likeness (QED) is 0.771. The third-order valence-electron chi connectivity index (χ3n) is 2.91. The number of hydrogen-bond donors (Lipinski definition) is 0. The highest BCUT2D eigenvalue weighted by molar-refractivity contribution is 6.31. The lowest BCUT2D eigenvalue weighted by molar-refractivity contribution is -0.133. The number of halogens is 2. The maximum absolute atomic E-state index is 12.1. The van der Waals surface area contributed by atoms with Crippen molar-refractivity contribution in [2.45, 2.75) is 25.8 Å². The zero-order chi connectivity index (χ0) is 13.1. The van der Waals surface area contributed by atoms with Crippen molar-refractivity contribution >= 4 is 29.1 Å². The molecule has 4 heteroatoms. The largest absolute Gasteiger partial charge is 0.339 e. The lowest BCUT2D eigenvalue weighted by Gasteiger charge is -2.34. The Hall–Kier alpha value is -0.730. The van der Waals surface area contributed by atoms with Gasteiger partial charge in [-0.2, -0.15) is 0 Å². The van der Waals surface area contributed by atoms with E-state index < -0.39 is 0 Å². The Bertz CT molecular complexity index is 404. The third-order valence-corrected chi connectivity index (χ3v) is 3.93. The molecule has 0 aliphatic heterocycles. The number of alkyl halides is 1. The van der Waals surface area contributed by atoms with Gasteiger partial charge in [-0.15, -0.1) is 11.6 Å². The number of carbonyl (C=O) groups excluding carboxylic acids is 1. The molecule has 1 rings (SSSR count). The van der Waals surface area contributed by atoms with Crippen LogP contribution in [0.2, 0.25) is 5.02 Å². The first-order chi connectivity index (χ1) is 7.88. The summed E-state index contributed by atoms with van der Waals surface area (Å²) in [5, 5.41) is 0.623. The van der Waals surface area contributed by atoms with Gasteiger partial charge in [-0.3, -0.25) is 4.79 Å². The summed E-state index contributed by atoms with van der Waals surface area (Å²) in [5.74, 6) is 0.418. The highest BCUT2D eigenvalue weighted by atomic mass is 35.5. The van der Waals surface area contributed by atoms with Crippen molar-refractivity contribution in [2.75, 3.05) is 12.9 Å². The molecule has 0 saturated carbocycles. The number of nitrogens with zero attached hydrogens (tertiary/aromatic N) is 1. The van der Waals surface area contributed by atoms with Crippen LogP contribution in [-0.4, -0.2) is 29.3 Å².